The molecule has 0 fully saturated rings. The highest BCUT2D eigenvalue weighted by molar-refractivity contribution is 5.79. The molecule has 140 valence electrons. The van der Waals surface area contributed by atoms with E-state index < -0.39 is 12.7 Å². The zero-order chi connectivity index (χ0) is 19.4. The van der Waals surface area contributed by atoms with Crippen LogP contribution in [-0.4, -0.2) is 32.7 Å². The average Bonchev–Trinajstić information content (AvgIpc) is 3.17. The van der Waals surface area contributed by atoms with Crippen molar-refractivity contribution in [2.24, 2.45) is 0 Å². The minimum Gasteiger partial charge on any atom is -0.486 e. The Labute approximate surface area is 152 Å². The van der Waals surface area contributed by atoms with Crippen molar-refractivity contribution in [3.8, 4) is 17.1 Å². The number of alkyl halides is 3. The molecular weight excluding hydrogens is 361 g/mol. The molecule has 0 spiro atoms. The van der Waals surface area contributed by atoms with Gasteiger partial charge >= 0.3 is 6.05 Å². The van der Waals surface area contributed by atoms with Gasteiger partial charge in [0.2, 0.25) is 0 Å². The standard InChI is InChI=1S/C18H15F3N4O2/c1-12-7-14(9-26)16(8-23-12)27-10-13-3-2-5-22-17(13)15-4-6-24-25(15)18(20,21)11-19/h2-9H,10-11H2,1H3. The molecule has 0 atom stereocenters. The Morgan fingerprint density at radius 1 is 1.26 bits per heavy atom. The summed E-state index contributed by atoms with van der Waals surface area (Å²) in [5.74, 6) is 0.257. The highest BCUT2D eigenvalue weighted by Crippen LogP contribution is 2.30. The van der Waals surface area contributed by atoms with Gasteiger partial charge in [-0.2, -0.15) is 18.6 Å². The topological polar surface area (TPSA) is 69.9 Å². The first kappa shape index (κ1) is 18.6. The Hall–Kier alpha value is -3.23. The molecular formula is C18H15F3N4O2. The van der Waals surface area contributed by atoms with Gasteiger partial charge in [0.25, 0.3) is 0 Å². The van der Waals surface area contributed by atoms with Crippen molar-refractivity contribution < 1.29 is 22.7 Å². The molecule has 3 rings (SSSR count). The van der Waals surface area contributed by atoms with E-state index in [-0.39, 0.29) is 23.7 Å². The maximum Gasteiger partial charge on any atom is 0.372 e. The van der Waals surface area contributed by atoms with Crippen LogP contribution in [0.5, 0.6) is 5.75 Å². The smallest absolute Gasteiger partial charge is 0.372 e. The summed E-state index contributed by atoms with van der Waals surface area (Å²) < 4.78 is 46.3. The molecule has 0 aliphatic heterocycles. The lowest BCUT2D eigenvalue weighted by molar-refractivity contribution is -0.108. The summed E-state index contributed by atoms with van der Waals surface area (Å²) in [7, 11) is 0. The van der Waals surface area contributed by atoms with Crippen LogP contribution < -0.4 is 4.74 Å². The van der Waals surface area contributed by atoms with Crippen LogP contribution in [0.1, 0.15) is 21.6 Å². The van der Waals surface area contributed by atoms with Crippen molar-refractivity contribution in [3.05, 3.63) is 59.7 Å². The molecule has 0 radical (unpaired) electrons. The SMILES string of the molecule is Cc1cc(C=O)c(OCc2cccnc2-c2ccnn2C(F)(F)CF)cn1. The maximum absolute atomic E-state index is 13.8. The van der Waals surface area contributed by atoms with E-state index in [1.165, 1.54) is 18.5 Å². The number of nitrogens with zero attached hydrogens (tertiary/aromatic N) is 4. The summed E-state index contributed by atoms with van der Waals surface area (Å²) in [6, 6.07) is 2.35. The molecule has 0 aromatic carbocycles. The lowest BCUT2D eigenvalue weighted by Crippen LogP contribution is -2.27. The number of carbonyl (C=O) groups is 1. The van der Waals surface area contributed by atoms with Crippen LogP contribution in [0.3, 0.4) is 0 Å². The van der Waals surface area contributed by atoms with Crippen molar-refractivity contribution in [2.45, 2.75) is 19.6 Å². The van der Waals surface area contributed by atoms with Gasteiger partial charge in [0.1, 0.15) is 12.4 Å². The van der Waals surface area contributed by atoms with Gasteiger partial charge in [0.15, 0.2) is 13.0 Å². The molecule has 27 heavy (non-hydrogen) atoms. The van der Waals surface area contributed by atoms with Crippen LogP contribution >= 0.6 is 0 Å². The predicted molar refractivity (Wildman–Crippen MR) is 90.3 cm³/mol. The third kappa shape index (κ3) is 3.81. The average molecular weight is 376 g/mol. The molecule has 0 aliphatic carbocycles. The molecule has 0 saturated carbocycles. The van der Waals surface area contributed by atoms with Gasteiger partial charge in [0, 0.05) is 23.7 Å². The highest BCUT2D eigenvalue weighted by atomic mass is 19.3. The van der Waals surface area contributed by atoms with Crippen LogP contribution in [0.2, 0.25) is 0 Å². The number of aldehydes is 1. The molecule has 3 aromatic heterocycles. The molecule has 0 saturated heterocycles. The summed E-state index contributed by atoms with van der Waals surface area (Å²) in [5.41, 5.74) is 1.57. The van der Waals surface area contributed by atoms with E-state index in [1.807, 2.05) is 0 Å². The number of carbonyl (C=O) groups excluding carboxylic acids is 1. The van der Waals surface area contributed by atoms with Gasteiger partial charge in [-0.25, -0.2) is 4.39 Å². The van der Waals surface area contributed by atoms with Gasteiger partial charge in [0.05, 0.1) is 23.1 Å². The molecule has 9 heteroatoms. The molecule has 3 aromatic rings. The first-order chi connectivity index (χ1) is 13.0. The fraction of sp³-hybridized carbons (Fsp3) is 0.222. The Morgan fingerprint density at radius 3 is 2.81 bits per heavy atom. The second-order valence-electron chi connectivity index (χ2n) is 5.71. The zero-order valence-corrected chi connectivity index (χ0v) is 14.3. The van der Waals surface area contributed by atoms with Crippen LogP contribution in [0.15, 0.2) is 42.9 Å². The Kier molecular flexibility index (Phi) is 5.20. The third-order valence-corrected chi connectivity index (χ3v) is 3.79. The Balaban J connectivity index is 1.93. The van der Waals surface area contributed by atoms with E-state index in [0.717, 1.165) is 6.20 Å². The highest BCUT2D eigenvalue weighted by Gasteiger charge is 2.35. The summed E-state index contributed by atoms with van der Waals surface area (Å²) in [6.45, 7) is -0.207. The fourth-order valence-corrected chi connectivity index (χ4v) is 2.52. The molecule has 0 bridgehead atoms. The Morgan fingerprint density at radius 2 is 2.07 bits per heavy atom. The van der Waals surface area contributed by atoms with E-state index in [1.54, 1.807) is 25.1 Å². The molecule has 0 amide bonds. The number of rotatable bonds is 7. The van der Waals surface area contributed by atoms with Crippen LogP contribution in [-0.2, 0) is 12.7 Å². The summed E-state index contributed by atoms with van der Waals surface area (Å²) in [4.78, 5) is 19.4. The first-order valence-corrected chi connectivity index (χ1v) is 7.93. The van der Waals surface area contributed by atoms with Crippen molar-refractivity contribution in [1.82, 2.24) is 19.7 Å². The van der Waals surface area contributed by atoms with E-state index >= 15 is 0 Å². The van der Waals surface area contributed by atoms with Crippen LogP contribution in [0.25, 0.3) is 11.4 Å². The monoisotopic (exact) mass is 376 g/mol. The van der Waals surface area contributed by atoms with Crippen molar-refractivity contribution in [3.63, 3.8) is 0 Å². The summed E-state index contributed by atoms with van der Waals surface area (Å²) in [6.07, 6.45) is 4.63. The normalized spacial score (nSPS) is 11.4. The molecule has 6 nitrogen and oxygen atoms in total. The maximum atomic E-state index is 13.8. The summed E-state index contributed by atoms with van der Waals surface area (Å²) >= 11 is 0. The molecule has 0 unspecified atom stereocenters. The molecule has 0 N–H and O–H groups in total. The van der Waals surface area contributed by atoms with E-state index in [2.05, 4.69) is 15.1 Å². The quantitative estimate of drug-likeness (QED) is 0.590. The first-order valence-electron chi connectivity index (χ1n) is 7.93. The molecule has 3 heterocycles. The fourth-order valence-electron chi connectivity index (χ4n) is 2.52. The van der Waals surface area contributed by atoms with E-state index in [9.17, 15) is 18.0 Å². The third-order valence-electron chi connectivity index (χ3n) is 3.79. The number of aryl methyl sites for hydroxylation is 1. The van der Waals surface area contributed by atoms with Crippen molar-refractivity contribution >= 4 is 6.29 Å². The minimum atomic E-state index is -3.79. The lowest BCUT2D eigenvalue weighted by atomic mass is 10.1. The van der Waals surface area contributed by atoms with Crippen molar-refractivity contribution in [2.75, 3.05) is 6.67 Å². The number of pyridine rings is 2. The van der Waals surface area contributed by atoms with Crippen molar-refractivity contribution in [1.29, 1.82) is 0 Å². The number of hydrogen-bond acceptors (Lipinski definition) is 5. The van der Waals surface area contributed by atoms with Gasteiger partial charge in [-0.1, -0.05) is 6.07 Å². The van der Waals surface area contributed by atoms with E-state index in [0.29, 0.717) is 27.8 Å². The lowest BCUT2D eigenvalue weighted by Gasteiger charge is -2.17. The van der Waals surface area contributed by atoms with Gasteiger partial charge in [-0.3, -0.25) is 14.8 Å². The zero-order valence-electron chi connectivity index (χ0n) is 14.3. The van der Waals surface area contributed by atoms with Gasteiger partial charge < -0.3 is 4.74 Å². The van der Waals surface area contributed by atoms with Crippen LogP contribution in [0, 0.1) is 6.92 Å². The minimum absolute atomic E-state index is 0.0468. The second kappa shape index (κ2) is 7.56. The largest absolute Gasteiger partial charge is 0.486 e. The van der Waals surface area contributed by atoms with Gasteiger partial charge in [-0.15, -0.1) is 0 Å². The number of ether oxygens (including phenoxy) is 1. The predicted octanol–water partition coefficient (Wildman–Crippen LogP) is 3.56. The number of hydrogen-bond donors (Lipinski definition) is 0. The van der Waals surface area contributed by atoms with Gasteiger partial charge in [-0.05, 0) is 25.1 Å². The Bertz CT molecular complexity index is 959. The molecule has 0 aliphatic rings. The summed E-state index contributed by atoms with van der Waals surface area (Å²) in [5, 5.41) is 3.52. The van der Waals surface area contributed by atoms with Crippen LogP contribution in [0.4, 0.5) is 13.2 Å². The van der Waals surface area contributed by atoms with E-state index in [4.69, 9.17) is 4.74 Å². The number of halogens is 3. The second-order valence-corrected chi connectivity index (χ2v) is 5.71. The number of aromatic nitrogens is 4.